The van der Waals surface area contributed by atoms with Crippen LogP contribution in [0.1, 0.15) is 44.0 Å². The van der Waals surface area contributed by atoms with Crippen LogP contribution in [0.3, 0.4) is 0 Å². The number of nitrogens with zero attached hydrogens (tertiary/aromatic N) is 2. The summed E-state index contributed by atoms with van der Waals surface area (Å²) in [5, 5.41) is 10.2. The zero-order valence-electron chi connectivity index (χ0n) is 12.4. The molecule has 0 radical (unpaired) electrons. The first-order valence-electron chi connectivity index (χ1n) is 7.21. The molecule has 0 spiro atoms. The Labute approximate surface area is 121 Å². The van der Waals surface area contributed by atoms with Gasteiger partial charge in [-0.25, -0.2) is 8.42 Å². The van der Waals surface area contributed by atoms with E-state index in [1.165, 1.54) is 4.31 Å². The average molecular weight is 300 g/mol. The van der Waals surface area contributed by atoms with Crippen LogP contribution >= 0.6 is 0 Å². The molecule has 2 N–H and O–H groups in total. The number of aromatic amines is 1. The van der Waals surface area contributed by atoms with E-state index < -0.39 is 10.0 Å². The fraction of sp³-hybridized carbons (Fsp3) is 0.769. The highest BCUT2D eigenvalue weighted by Gasteiger charge is 2.35. The molecule has 1 heterocycles. The number of rotatable bonds is 7. The molecule has 2 rings (SSSR count). The third-order valence-corrected chi connectivity index (χ3v) is 6.02. The van der Waals surface area contributed by atoms with E-state index in [2.05, 4.69) is 22.4 Å². The minimum Gasteiger partial charge on any atom is -0.311 e. The van der Waals surface area contributed by atoms with Gasteiger partial charge in [-0.15, -0.1) is 0 Å². The molecule has 1 aromatic heterocycles. The van der Waals surface area contributed by atoms with E-state index >= 15 is 0 Å². The summed E-state index contributed by atoms with van der Waals surface area (Å²) in [6, 6.07) is 0.144. The number of hydrogen-bond acceptors (Lipinski definition) is 4. The Kier molecular flexibility index (Phi) is 4.82. The van der Waals surface area contributed by atoms with Gasteiger partial charge in [0, 0.05) is 19.6 Å². The van der Waals surface area contributed by atoms with Crippen LogP contribution < -0.4 is 5.32 Å². The largest absolute Gasteiger partial charge is 0.311 e. The van der Waals surface area contributed by atoms with Crippen molar-refractivity contribution in [1.29, 1.82) is 0 Å². The standard InChI is InChI=1S/C13H24N4O2S/c1-4-8-14-9-12-13(10(2)15-16-12)20(18,19)17(3)11-6-5-7-11/h11,14H,4-9H2,1-3H3,(H,15,16). The molecule has 0 unspecified atom stereocenters. The molecule has 7 heteroatoms. The van der Waals surface area contributed by atoms with Crippen molar-refractivity contribution in [2.45, 2.75) is 57.0 Å². The van der Waals surface area contributed by atoms with Crippen molar-refractivity contribution < 1.29 is 8.42 Å². The van der Waals surface area contributed by atoms with Crippen molar-refractivity contribution in [1.82, 2.24) is 19.8 Å². The zero-order valence-corrected chi connectivity index (χ0v) is 13.3. The SMILES string of the molecule is CCCNCc1n[nH]c(C)c1S(=O)(=O)N(C)C1CCC1. The van der Waals surface area contributed by atoms with Crippen LogP contribution in [0.25, 0.3) is 0 Å². The second-order valence-electron chi connectivity index (χ2n) is 5.41. The van der Waals surface area contributed by atoms with Crippen LogP contribution in [-0.2, 0) is 16.6 Å². The van der Waals surface area contributed by atoms with Crippen LogP contribution in [0.5, 0.6) is 0 Å². The van der Waals surface area contributed by atoms with Crippen LogP contribution in [0, 0.1) is 6.92 Å². The average Bonchev–Trinajstić information content (AvgIpc) is 2.69. The number of sulfonamides is 1. The lowest BCUT2D eigenvalue weighted by atomic mass is 9.94. The molecule has 1 aromatic rings. The Hall–Kier alpha value is -0.920. The van der Waals surface area contributed by atoms with E-state index in [0.717, 1.165) is 32.2 Å². The summed E-state index contributed by atoms with van der Waals surface area (Å²) in [5.41, 5.74) is 1.20. The lowest BCUT2D eigenvalue weighted by Gasteiger charge is -2.33. The molecule has 6 nitrogen and oxygen atoms in total. The molecule has 1 aliphatic rings. The number of nitrogens with one attached hydrogen (secondary N) is 2. The summed E-state index contributed by atoms with van der Waals surface area (Å²) in [6.07, 6.45) is 4.03. The van der Waals surface area contributed by atoms with Crippen LogP contribution in [0.2, 0.25) is 0 Å². The topological polar surface area (TPSA) is 78.1 Å². The summed E-state index contributed by atoms with van der Waals surface area (Å²) in [6.45, 7) is 5.16. The fourth-order valence-electron chi connectivity index (χ4n) is 2.41. The van der Waals surface area contributed by atoms with E-state index in [9.17, 15) is 8.42 Å². The van der Waals surface area contributed by atoms with Gasteiger partial charge in [-0.05, 0) is 32.7 Å². The molecule has 20 heavy (non-hydrogen) atoms. The number of hydrogen-bond donors (Lipinski definition) is 2. The molecule has 1 saturated carbocycles. The predicted octanol–water partition coefficient (Wildman–Crippen LogP) is 1.39. The van der Waals surface area contributed by atoms with Crippen LogP contribution in [0.15, 0.2) is 4.90 Å². The van der Waals surface area contributed by atoms with Crippen molar-refractivity contribution in [2.24, 2.45) is 0 Å². The first-order valence-corrected chi connectivity index (χ1v) is 8.65. The Balaban J connectivity index is 2.23. The van der Waals surface area contributed by atoms with Crippen molar-refractivity contribution in [3.8, 4) is 0 Å². The van der Waals surface area contributed by atoms with Gasteiger partial charge in [-0.2, -0.15) is 9.40 Å². The monoisotopic (exact) mass is 300 g/mol. The van der Waals surface area contributed by atoms with Gasteiger partial charge < -0.3 is 5.32 Å². The Morgan fingerprint density at radius 3 is 2.70 bits per heavy atom. The van der Waals surface area contributed by atoms with Crippen LogP contribution in [-0.4, -0.2) is 42.6 Å². The third kappa shape index (κ3) is 2.89. The van der Waals surface area contributed by atoms with Gasteiger partial charge in [0.05, 0.1) is 11.4 Å². The second kappa shape index (κ2) is 6.24. The van der Waals surface area contributed by atoms with Crippen molar-refractivity contribution in [3.05, 3.63) is 11.4 Å². The summed E-state index contributed by atoms with van der Waals surface area (Å²) < 4.78 is 27.0. The van der Waals surface area contributed by atoms with Crippen LogP contribution in [0.4, 0.5) is 0 Å². The minimum atomic E-state index is -3.45. The van der Waals surface area contributed by atoms with Gasteiger partial charge in [0.25, 0.3) is 0 Å². The Morgan fingerprint density at radius 1 is 1.45 bits per heavy atom. The summed E-state index contributed by atoms with van der Waals surface area (Å²) in [5.74, 6) is 0. The van der Waals surface area contributed by atoms with E-state index in [0.29, 0.717) is 22.8 Å². The van der Waals surface area contributed by atoms with Gasteiger partial charge in [0.2, 0.25) is 10.0 Å². The quantitative estimate of drug-likeness (QED) is 0.746. The molecule has 0 aliphatic heterocycles. The maximum absolute atomic E-state index is 12.7. The molecular formula is C13H24N4O2S. The second-order valence-corrected chi connectivity index (χ2v) is 7.34. The van der Waals surface area contributed by atoms with Crippen molar-refractivity contribution in [2.75, 3.05) is 13.6 Å². The molecule has 114 valence electrons. The smallest absolute Gasteiger partial charge is 0.246 e. The lowest BCUT2D eigenvalue weighted by molar-refractivity contribution is 0.249. The van der Waals surface area contributed by atoms with Gasteiger partial charge in [-0.3, -0.25) is 5.10 Å². The first-order chi connectivity index (χ1) is 9.48. The molecule has 0 bridgehead atoms. The highest BCUT2D eigenvalue weighted by Crippen LogP contribution is 2.30. The molecule has 0 amide bonds. The number of H-pyrrole nitrogens is 1. The van der Waals surface area contributed by atoms with E-state index in [4.69, 9.17) is 0 Å². The Morgan fingerprint density at radius 2 is 2.15 bits per heavy atom. The fourth-order valence-corrected chi connectivity index (χ4v) is 4.15. The number of aryl methyl sites for hydroxylation is 1. The Bertz CT molecular complexity index is 549. The predicted molar refractivity (Wildman–Crippen MR) is 77.9 cm³/mol. The van der Waals surface area contributed by atoms with E-state index in [-0.39, 0.29) is 6.04 Å². The van der Waals surface area contributed by atoms with Gasteiger partial charge in [-0.1, -0.05) is 13.3 Å². The molecule has 0 atom stereocenters. The highest BCUT2D eigenvalue weighted by molar-refractivity contribution is 7.89. The van der Waals surface area contributed by atoms with Gasteiger partial charge in [0.1, 0.15) is 4.90 Å². The summed E-state index contributed by atoms with van der Waals surface area (Å²) in [4.78, 5) is 0.343. The number of aromatic nitrogens is 2. The maximum Gasteiger partial charge on any atom is 0.246 e. The zero-order chi connectivity index (χ0) is 14.8. The highest BCUT2D eigenvalue weighted by atomic mass is 32.2. The normalized spacial score (nSPS) is 16.6. The molecule has 1 fully saturated rings. The van der Waals surface area contributed by atoms with Gasteiger partial charge in [0.15, 0.2) is 0 Å². The van der Waals surface area contributed by atoms with Gasteiger partial charge >= 0.3 is 0 Å². The molecule has 0 saturated heterocycles. The first kappa shape index (κ1) is 15.5. The minimum absolute atomic E-state index is 0.144. The van der Waals surface area contributed by atoms with E-state index in [1.54, 1.807) is 14.0 Å². The summed E-state index contributed by atoms with van der Waals surface area (Å²) in [7, 11) is -1.78. The van der Waals surface area contributed by atoms with E-state index in [1.807, 2.05) is 0 Å². The summed E-state index contributed by atoms with van der Waals surface area (Å²) >= 11 is 0. The van der Waals surface area contributed by atoms with Crippen molar-refractivity contribution in [3.63, 3.8) is 0 Å². The molecular weight excluding hydrogens is 276 g/mol. The third-order valence-electron chi connectivity index (χ3n) is 3.91. The molecule has 1 aliphatic carbocycles. The van der Waals surface area contributed by atoms with Crippen molar-refractivity contribution >= 4 is 10.0 Å². The molecule has 0 aromatic carbocycles. The lowest BCUT2D eigenvalue weighted by Crippen LogP contribution is -2.41. The maximum atomic E-state index is 12.7.